The standard InChI is InChI=1S/C9H8O.C3H9NO2/c10-8-4-7-9-5-2-1-3-6-9;4-3(1-5)2-6/h1-8H;3,5-6H,1-2,4H2. The highest BCUT2D eigenvalue weighted by Crippen LogP contribution is 1.99. The van der Waals surface area contributed by atoms with Crippen LogP contribution >= 0.6 is 0 Å². The molecule has 1 rings (SSSR count). The SMILES string of the molecule is NC(CO)CO.O=CC=Cc1ccccc1. The van der Waals surface area contributed by atoms with E-state index < -0.39 is 6.04 Å². The van der Waals surface area contributed by atoms with Crippen LogP contribution in [0.3, 0.4) is 0 Å². The largest absolute Gasteiger partial charge is 0.395 e. The molecule has 16 heavy (non-hydrogen) atoms. The summed E-state index contributed by atoms with van der Waals surface area (Å²) in [7, 11) is 0. The van der Waals surface area contributed by atoms with E-state index in [2.05, 4.69) is 0 Å². The topological polar surface area (TPSA) is 83.6 Å². The number of nitrogens with two attached hydrogens (primary N) is 1. The maximum atomic E-state index is 9.89. The van der Waals surface area contributed by atoms with Gasteiger partial charge in [0.25, 0.3) is 0 Å². The van der Waals surface area contributed by atoms with Gasteiger partial charge in [-0.05, 0) is 11.6 Å². The molecule has 0 aliphatic heterocycles. The van der Waals surface area contributed by atoms with Gasteiger partial charge in [-0.2, -0.15) is 0 Å². The minimum Gasteiger partial charge on any atom is -0.395 e. The summed E-state index contributed by atoms with van der Waals surface area (Å²) in [5.74, 6) is 0. The summed E-state index contributed by atoms with van der Waals surface area (Å²) in [6.45, 7) is -0.285. The first-order valence-corrected chi connectivity index (χ1v) is 4.88. The predicted molar refractivity (Wildman–Crippen MR) is 63.7 cm³/mol. The van der Waals surface area contributed by atoms with Crippen molar-refractivity contribution in [3.05, 3.63) is 42.0 Å². The zero-order valence-corrected chi connectivity index (χ0v) is 8.99. The Hall–Kier alpha value is -1.49. The fourth-order valence-electron chi connectivity index (χ4n) is 0.772. The lowest BCUT2D eigenvalue weighted by Gasteiger charge is -1.98. The molecule has 4 heteroatoms. The molecule has 0 saturated heterocycles. The lowest BCUT2D eigenvalue weighted by atomic mass is 10.2. The Morgan fingerprint density at radius 3 is 2.12 bits per heavy atom. The first-order chi connectivity index (χ1) is 7.74. The molecule has 0 saturated carbocycles. The highest BCUT2D eigenvalue weighted by Gasteiger charge is 1.91. The van der Waals surface area contributed by atoms with Gasteiger partial charge in [-0.1, -0.05) is 36.4 Å². The maximum absolute atomic E-state index is 9.89. The van der Waals surface area contributed by atoms with Gasteiger partial charge in [-0.3, -0.25) is 4.79 Å². The van der Waals surface area contributed by atoms with Crippen molar-refractivity contribution in [1.29, 1.82) is 0 Å². The Morgan fingerprint density at radius 2 is 1.75 bits per heavy atom. The number of carbonyl (C=O) groups excluding carboxylic acids is 1. The van der Waals surface area contributed by atoms with E-state index in [9.17, 15) is 4.79 Å². The van der Waals surface area contributed by atoms with Gasteiger partial charge in [0.1, 0.15) is 6.29 Å². The zero-order valence-electron chi connectivity index (χ0n) is 8.99. The molecule has 1 aromatic carbocycles. The highest BCUT2D eigenvalue weighted by atomic mass is 16.3. The summed E-state index contributed by atoms with van der Waals surface area (Å²) < 4.78 is 0. The summed E-state index contributed by atoms with van der Waals surface area (Å²) in [6.07, 6.45) is 4.02. The van der Waals surface area contributed by atoms with Crippen molar-refractivity contribution in [3.8, 4) is 0 Å². The van der Waals surface area contributed by atoms with Crippen molar-refractivity contribution in [2.24, 2.45) is 5.73 Å². The van der Waals surface area contributed by atoms with Crippen LogP contribution in [0.4, 0.5) is 0 Å². The molecule has 0 amide bonds. The minimum atomic E-state index is -0.454. The molecule has 1 aromatic rings. The monoisotopic (exact) mass is 223 g/mol. The quantitative estimate of drug-likeness (QED) is 0.503. The van der Waals surface area contributed by atoms with Crippen LogP contribution in [0.2, 0.25) is 0 Å². The Kier molecular flexibility index (Phi) is 9.11. The van der Waals surface area contributed by atoms with Gasteiger partial charge in [-0.15, -0.1) is 0 Å². The third kappa shape index (κ3) is 7.87. The minimum absolute atomic E-state index is 0.142. The fourth-order valence-corrected chi connectivity index (χ4v) is 0.772. The van der Waals surface area contributed by atoms with E-state index in [1.54, 1.807) is 6.08 Å². The van der Waals surface area contributed by atoms with Crippen LogP contribution in [-0.4, -0.2) is 35.8 Å². The van der Waals surface area contributed by atoms with Crippen molar-refractivity contribution in [3.63, 3.8) is 0 Å². The normalized spacial score (nSPS) is 10.0. The molecule has 0 atom stereocenters. The number of aldehydes is 1. The van der Waals surface area contributed by atoms with Crippen LogP contribution in [0, 0.1) is 0 Å². The van der Waals surface area contributed by atoms with Crippen molar-refractivity contribution < 1.29 is 15.0 Å². The smallest absolute Gasteiger partial charge is 0.142 e. The van der Waals surface area contributed by atoms with E-state index in [1.807, 2.05) is 30.3 Å². The number of carbonyl (C=O) groups is 1. The zero-order chi connectivity index (χ0) is 12.2. The van der Waals surface area contributed by atoms with Gasteiger partial charge < -0.3 is 15.9 Å². The van der Waals surface area contributed by atoms with Crippen molar-refractivity contribution in [2.75, 3.05) is 13.2 Å². The van der Waals surface area contributed by atoms with Crippen LogP contribution in [-0.2, 0) is 4.79 Å². The van der Waals surface area contributed by atoms with E-state index in [4.69, 9.17) is 15.9 Å². The molecule has 0 heterocycles. The summed E-state index contributed by atoms with van der Waals surface area (Å²) in [5.41, 5.74) is 6.02. The molecule has 0 unspecified atom stereocenters. The van der Waals surface area contributed by atoms with Gasteiger partial charge in [0.15, 0.2) is 0 Å². The molecule has 0 radical (unpaired) electrons. The first kappa shape index (κ1) is 14.5. The number of rotatable bonds is 4. The molecular weight excluding hydrogens is 206 g/mol. The molecule has 0 aromatic heterocycles. The highest BCUT2D eigenvalue weighted by molar-refractivity contribution is 5.73. The summed E-state index contributed by atoms with van der Waals surface area (Å²) in [4.78, 5) is 9.89. The van der Waals surface area contributed by atoms with Gasteiger partial charge in [0, 0.05) is 0 Å². The van der Waals surface area contributed by atoms with Crippen molar-refractivity contribution in [1.82, 2.24) is 0 Å². The number of aliphatic hydroxyl groups excluding tert-OH is 2. The lowest BCUT2D eigenvalue weighted by molar-refractivity contribution is -0.104. The van der Waals surface area contributed by atoms with Crippen LogP contribution in [0.15, 0.2) is 36.4 Å². The average Bonchev–Trinajstić information content (AvgIpc) is 2.37. The van der Waals surface area contributed by atoms with Crippen LogP contribution in [0.25, 0.3) is 6.08 Å². The number of hydrogen-bond donors (Lipinski definition) is 3. The van der Waals surface area contributed by atoms with E-state index >= 15 is 0 Å². The predicted octanol–water partition coefficient (Wildman–Crippen LogP) is 0.197. The summed E-state index contributed by atoms with van der Waals surface area (Å²) in [5, 5.41) is 16.1. The number of hydrogen-bond acceptors (Lipinski definition) is 4. The van der Waals surface area contributed by atoms with Gasteiger partial charge in [0.05, 0.1) is 19.3 Å². The van der Waals surface area contributed by atoms with E-state index in [1.165, 1.54) is 6.08 Å². The summed E-state index contributed by atoms with van der Waals surface area (Å²) in [6, 6.07) is 9.25. The van der Waals surface area contributed by atoms with Crippen LogP contribution < -0.4 is 5.73 Å². The van der Waals surface area contributed by atoms with Gasteiger partial charge in [0.2, 0.25) is 0 Å². The Bertz CT molecular complexity index is 294. The first-order valence-electron chi connectivity index (χ1n) is 4.88. The second kappa shape index (κ2) is 10.0. The number of benzene rings is 1. The Balaban J connectivity index is 0.000000325. The summed E-state index contributed by atoms with van der Waals surface area (Å²) >= 11 is 0. The third-order valence-corrected chi connectivity index (χ3v) is 1.64. The Labute approximate surface area is 95.0 Å². The third-order valence-electron chi connectivity index (χ3n) is 1.64. The Morgan fingerprint density at radius 1 is 1.19 bits per heavy atom. The number of aliphatic hydroxyl groups is 2. The average molecular weight is 223 g/mol. The maximum Gasteiger partial charge on any atom is 0.142 e. The molecule has 88 valence electrons. The van der Waals surface area contributed by atoms with E-state index in [0.29, 0.717) is 0 Å². The molecule has 4 N–H and O–H groups in total. The molecule has 0 fully saturated rings. The second-order valence-corrected chi connectivity index (χ2v) is 3.03. The van der Waals surface area contributed by atoms with E-state index in [0.717, 1.165) is 11.8 Å². The molecule has 0 bridgehead atoms. The van der Waals surface area contributed by atoms with E-state index in [-0.39, 0.29) is 13.2 Å². The molecule has 0 aliphatic carbocycles. The van der Waals surface area contributed by atoms with Crippen molar-refractivity contribution >= 4 is 12.4 Å². The van der Waals surface area contributed by atoms with Crippen LogP contribution in [0.1, 0.15) is 5.56 Å². The molecule has 4 nitrogen and oxygen atoms in total. The van der Waals surface area contributed by atoms with Crippen LogP contribution in [0.5, 0.6) is 0 Å². The van der Waals surface area contributed by atoms with Gasteiger partial charge in [-0.25, -0.2) is 0 Å². The number of allylic oxidation sites excluding steroid dienone is 1. The molecule has 0 spiro atoms. The van der Waals surface area contributed by atoms with Crippen molar-refractivity contribution in [2.45, 2.75) is 6.04 Å². The van der Waals surface area contributed by atoms with Gasteiger partial charge >= 0.3 is 0 Å². The fraction of sp³-hybridized carbons (Fsp3) is 0.250. The molecular formula is C12H17NO3. The lowest BCUT2D eigenvalue weighted by Crippen LogP contribution is -2.27. The second-order valence-electron chi connectivity index (χ2n) is 3.03. The molecule has 0 aliphatic rings.